The Morgan fingerprint density at radius 2 is 2.13 bits per heavy atom. The van der Waals surface area contributed by atoms with E-state index in [4.69, 9.17) is 9.47 Å². The van der Waals surface area contributed by atoms with E-state index >= 15 is 0 Å². The van der Waals surface area contributed by atoms with Gasteiger partial charge in [-0.05, 0) is 19.1 Å². The summed E-state index contributed by atoms with van der Waals surface area (Å²) in [6.07, 6.45) is 1.18. The number of nitro benzene ring substituents is 1. The predicted molar refractivity (Wildman–Crippen MR) is 108 cm³/mol. The van der Waals surface area contributed by atoms with Gasteiger partial charge >= 0.3 is 5.97 Å². The van der Waals surface area contributed by atoms with Gasteiger partial charge in [-0.25, -0.2) is 9.78 Å². The number of methoxy groups -OCH3 is 1. The normalized spacial score (nSPS) is 10.6. The van der Waals surface area contributed by atoms with Gasteiger partial charge in [-0.15, -0.1) is 11.3 Å². The molecular formula is C18H16N4O7S. The largest absolute Gasteiger partial charge is 0.496 e. The summed E-state index contributed by atoms with van der Waals surface area (Å²) < 4.78 is 10.9. The van der Waals surface area contributed by atoms with Crippen molar-refractivity contribution in [3.63, 3.8) is 0 Å². The van der Waals surface area contributed by atoms with E-state index in [1.807, 2.05) is 0 Å². The number of thiophene rings is 1. The summed E-state index contributed by atoms with van der Waals surface area (Å²) in [6, 6.07) is 3.96. The number of benzene rings is 1. The van der Waals surface area contributed by atoms with Crippen LogP contribution in [0.2, 0.25) is 0 Å². The minimum absolute atomic E-state index is 0.0457. The first-order valence-corrected chi connectivity index (χ1v) is 9.49. The van der Waals surface area contributed by atoms with Crippen LogP contribution in [0.4, 0.5) is 11.4 Å². The third-order valence-corrected chi connectivity index (χ3v) is 4.93. The van der Waals surface area contributed by atoms with Gasteiger partial charge in [-0.3, -0.25) is 24.3 Å². The van der Waals surface area contributed by atoms with Crippen molar-refractivity contribution in [3.8, 4) is 5.75 Å². The summed E-state index contributed by atoms with van der Waals surface area (Å²) in [5.74, 6) is -1.08. The first-order valence-electron chi connectivity index (χ1n) is 8.61. The fourth-order valence-corrected chi connectivity index (χ4v) is 3.55. The van der Waals surface area contributed by atoms with Gasteiger partial charge in [0.25, 0.3) is 11.2 Å². The second kappa shape index (κ2) is 8.69. The first-order chi connectivity index (χ1) is 14.3. The van der Waals surface area contributed by atoms with Crippen LogP contribution in [0.1, 0.15) is 17.3 Å². The molecule has 3 rings (SSSR count). The Morgan fingerprint density at radius 3 is 2.80 bits per heavy atom. The molecule has 11 nitrogen and oxygen atoms in total. The van der Waals surface area contributed by atoms with Gasteiger partial charge < -0.3 is 14.8 Å². The number of carbonyl (C=O) groups excluding carboxylic acids is 2. The van der Waals surface area contributed by atoms with Crippen LogP contribution >= 0.6 is 11.3 Å². The lowest BCUT2D eigenvalue weighted by Crippen LogP contribution is -2.28. The van der Waals surface area contributed by atoms with Crippen molar-refractivity contribution in [3.05, 3.63) is 55.9 Å². The van der Waals surface area contributed by atoms with Crippen LogP contribution in [0.3, 0.4) is 0 Å². The molecule has 0 spiro atoms. The van der Waals surface area contributed by atoms with Crippen LogP contribution in [0.5, 0.6) is 5.75 Å². The Labute approximate surface area is 173 Å². The molecule has 1 N–H and O–H groups in total. The van der Waals surface area contributed by atoms with Gasteiger partial charge in [0.15, 0.2) is 0 Å². The summed E-state index contributed by atoms with van der Waals surface area (Å²) in [5, 5.41) is 15.2. The minimum atomic E-state index is -0.681. The number of nitrogens with zero attached hydrogens (tertiary/aromatic N) is 3. The second-order valence-electron chi connectivity index (χ2n) is 5.92. The van der Waals surface area contributed by atoms with Crippen molar-refractivity contribution < 1.29 is 24.0 Å². The highest BCUT2D eigenvalue weighted by atomic mass is 32.1. The number of ether oxygens (including phenoxy) is 2. The van der Waals surface area contributed by atoms with E-state index in [1.54, 1.807) is 6.92 Å². The van der Waals surface area contributed by atoms with Crippen LogP contribution in [-0.4, -0.2) is 40.1 Å². The topological polar surface area (TPSA) is 143 Å². The Balaban J connectivity index is 1.88. The number of nitro groups is 1. The Kier molecular flexibility index (Phi) is 6.06. The Morgan fingerprint density at radius 1 is 1.37 bits per heavy atom. The quantitative estimate of drug-likeness (QED) is 0.340. The van der Waals surface area contributed by atoms with Gasteiger partial charge in [0.2, 0.25) is 5.91 Å². The van der Waals surface area contributed by atoms with E-state index in [2.05, 4.69) is 10.3 Å². The van der Waals surface area contributed by atoms with Crippen LogP contribution in [0.15, 0.2) is 34.7 Å². The maximum absolute atomic E-state index is 12.8. The summed E-state index contributed by atoms with van der Waals surface area (Å²) in [7, 11) is 1.36. The third-order valence-electron chi connectivity index (χ3n) is 4.05. The lowest BCUT2D eigenvalue weighted by Gasteiger charge is -2.09. The molecule has 0 aliphatic heterocycles. The second-order valence-corrected chi connectivity index (χ2v) is 6.77. The molecule has 1 aromatic carbocycles. The highest BCUT2D eigenvalue weighted by Crippen LogP contribution is 2.29. The smallest absolute Gasteiger partial charge is 0.339 e. The average Bonchev–Trinajstić information content (AvgIpc) is 3.15. The van der Waals surface area contributed by atoms with Crippen LogP contribution in [0.25, 0.3) is 10.2 Å². The number of hydrogen-bond donors (Lipinski definition) is 1. The monoisotopic (exact) mass is 432 g/mol. The molecule has 156 valence electrons. The van der Waals surface area contributed by atoms with Crippen LogP contribution in [-0.2, 0) is 16.1 Å². The zero-order chi connectivity index (χ0) is 21.8. The van der Waals surface area contributed by atoms with E-state index < -0.39 is 28.9 Å². The number of aromatic nitrogens is 2. The molecule has 2 aromatic heterocycles. The van der Waals surface area contributed by atoms with Crippen LogP contribution in [0, 0.1) is 10.1 Å². The molecule has 3 aromatic rings. The first kappa shape index (κ1) is 20.9. The molecule has 0 radical (unpaired) electrons. The van der Waals surface area contributed by atoms with Gasteiger partial charge in [0.05, 0.1) is 42.0 Å². The molecule has 0 fully saturated rings. The predicted octanol–water partition coefficient (Wildman–Crippen LogP) is 2.19. The number of nitrogens with one attached hydrogen (secondary N) is 1. The Bertz CT molecular complexity index is 1200. The number of fused-ring (bicyclic) bond motifs is 1. The van der Waals surface area contributed by atoms with Crippen molar-refractivity contribution in [1.29, 1.82) is 0 Å². The molecule has 0 unspecified atom stereocenters. The van der Waals surface area contributed by atoms with Crippen molar-refractivity contribution >= 4 is 44.8 Å². The lowest BCUT2D eigenvalue weighted by molar-refractivity contribution is -0.384. The molecule has 1 amide bonds. The van der Waals surface area contributed by atoms with Crippen molar-refractivity contribution in [2.75, 3.05) is 19.0 Å². The summed E-state index contributed by atoms with van der Waals surface area (Å²) in [4.78, 5) is 52.3. The molecule has 0 aliphatic rings. The van der Waals surface area contributed by atoms with Gasteiger partial charge in [-0.2, -0.15) is 0 Å². The third kappa shape index (κ3) is 4.12. The highest BCUT2D eigenvalue weighted by molar-refractivity contribution is 7.17. The van der Waals surface area contributed by atoms with E-state index in [0.29, 0.717) is 4.83 Å². The number of rotatable bonds is 7. The zero-order valence-electron chi connectivity index (χ0n) is 15.9. The van der Waals surface area contributed by atoms with E-state index in [9.17, 15) is 24.5 Å². The summed E-state index contributed by atoms with van der Waals surface area (Å²) in [5.41, 5.74) is -0.916. The van der Waals surface area contributed by atoms with Gasteiger partial charge in [-0.1, -0.05) is 0 Å². The van der Waals surface area contributed by atoms with Crippen molar-refractivity contribution in [2.24, 2.45) is 0 Å². The van der Waals surface area contributed by atoms with E-state index in [0.717, 1.165) is 15.9 Å². The fraction of sp³-hybridized carbons (Fsp3) is 0.222. The van der Waals surface area contributed by atoms with Crippen LogP contribution < -0.4 is 15.6 Å². The average molecular weight is 432 g/mol. The van der Waals surface area contributed by atoms with E-state index in [1.165, 1.54) is 37.0 Å². The SMILES string of the molecule is CCOC(=O)c1csc2ncn(CC(=O)Nc3ccc(OC)cc3[N+](=O)[O-])c(=O)c12. The molecule has 0 saturated heterocycles. The van der Waals surface area contributed by atoms with Crippen molar-refractivity contribution in [1.82, 2.24) is 9.55 Å². The molecular weight excluding hydrogens is 416 g/mol. The van der Waals surface area contributed by atoms with Gasteiger partial charge in [0.1, 0.15) is 22.8 Å². The van der Waals surface area contributed by atoms with Crippen molar-refractivity contribution in [2.45, 2.75) is 13.5 Å². The molecule has 30 heavy (non-hydrogen) atoms. The number of anilines is 1. The molecule has 0 bridgehead atoms. The number of amides is 1. The van der Waals surface area contributed by atoms with E-state index in [-0.39, 0.29) is 34.7 Å². The molecule has 12 heteroatoms. The highest BCUT2D eigenvalue weighted by Gasteiger charge is 2.21. The molecule has 0 atom stereocenters. The summed E-state index contributed by atoms with van der Waals surface area (Å²) >= 11 is 1.11. The molecule has 0 aliphatic carbocycles. The lowest BCUT2D eigenvalue weighted by atomic mass is 10.2. The maximum atomic E-state index is 12.8. The standard InChI is InChI=1S/C18H16N4O7S/c1-3-29-18(25)11-8-30-16-15(11)17(24)21(9-19-16)7-14(23)20-12-5-4-10(28-2)6-13(12)22(26)27/h4-6,8-9H,3,7H2,1-2H3,(H,20,23). The number of carbonyl (C=O) groups is 2. The Hall–Kier alpha value is -3.80. The fourth-order valence-electron chi connectivity index (χ4n) is 2.68. The minimum Gasteiger partial charge on any atom is -0.496 e. The van der Waals surface area contributed by atoms with Gasteiger partial charge in [0, 0.05) is 5.38 Å². The number of esters is 1. The molecule has 0 saturated carbocycles. The summed E-state index contributed by atoms with van der Waals surface area (Å²) in [6.45, 7) is 1.34. The molecule has 2 heterocycles. The zero-order valence-corrected chi connectivity index (χ0v) is 16.7. The maximum Gasteiger partial charge on any atom is 0.339 e. The number of hydrogen-bond acceptors (Lipinski definition) is 9.